The molecular weight excluding hydrogens is 103 g/mol. The van der Waals surface area contributed by atoms with Crippen molar-refractivity contribution < 1.29 is 20.0 Å². The fraction of sp³-hybridized carbons (Fsp3) is 1.00. The van der Waals surface area contributed by atoms with Gasteiger partial charge in [-0.15, -0.1) is 9.78 Å². The van der Waals surface area contributed by atoms with Crippen LogP contribution in [0, 0.1) is 0 Å². The third kappa shape index (κ3) is 1.72. The molecule has 1 aliphatic heterocycles. The summed E-state index contributed by atoms with van der Waals surface area (Å²) in [5.41, 5.74) is 0. The summed E-state index contributed by atoms with van der Waals surface area (Å²) >= 11 is 0. The highest BCUT2D eigenvalue weighted by atomic mass is 27.0. The fourth-order valence-electron chi connectivity index (χ4n) is 0.0373. The van der Waals surface area contributed by atoms with Crippen LogP contribution in [0.5, 0.6) is 0 Å². The quantitative estimate of drug-likeness (QED) is 0.154. The van der Waals surface area contributed by atoms with E-state index in [-0.39, 0.29) is 17.4 Å². The van der Waals surface area contributed by atoms with Crippen molar-refractivity contribution in [3.63, 3.8) is 0 Å². The Kier molecular flexibility index (Phi) is 1.56. The van der Waals surface area contributed by atoms with Crippen LogP contribution in [-0.2, 0) is 9.78 Å². The van der Waals surface area contributed by atoms with Crippen LogP contribution in [-0.4, -0.2) is 33.7 Å². The highest BCUT2D eigenvalue weighted by molar-refractivity contribution is 5.75. The third-order valence-corrected chi connectivity index (χ3v) is 0.232. The van der Waals surface area contributed by atoms with Crippen LogP contribution in [0.25, 0.3) is 0 Å². The molecule has 0 unspecified atom stereocenters. The lowest BCUT2D eigenvalue weighted by atomic mass is 11.2. The average Bonchev–Trinajstić information content (AvgIpc) is 1.76. The van der Waals surface area contributed by atoms with E-state index in [4.69, 9.17) is 10.2 Å². The Bertz CT molecular complexity index is 45.5. The average molecular weight is 108 g/mol. The molecule has 1 heterocycles. The molecule has 0 saturated carbocycles. The highest BCUT2D eigenvalue weighted by Gasteiger charge is 2.45. The summed E-state index contributed by atoms with van der Waals surface area (Å²) in [7, 11) is 0. The second kappa shape index (κ2) is 1.47. The van der Waals surface area contributed by atoms with E-state index in [1.165, 1.54) is 0 Å². The second-order valence-electron chi connectivity index (χ2n) is 0.715. The zero-order valence-electron chi connectivity index (χ0n) is 2.21. The Hall–Kier alpha value is 0.372. The van der Waals surface area contributed by atoms with Gasteiger partial charge in [-0.2, -0.15) is 0 Å². The maximum Gasteiger partial charge on any atom is 0.461 e. The summed E-state index contributed by atoms with van der Waals surface area (Å²) in [6, 6.07) is 0. The number of hydrogen-bond acceptors (Lipinski definition) is 4. The maximum absolute atomic E-state index is 7.74. The van der Waals surface area contributed by atoms with Crippen LogP contribution in [0.4, 0.5) is 0 Å². The number of hydrogen-bond donors (Lipinski definition) is 2. The zero-order chi connectivity index (χ0) is 3.91. The van der Waals surface area contributed by atoms with E-state index in [0.717, 1.165) is 0 Å². The maximum atomic E-state index is 7.74. The monoisotopic (exact) mass is 108 g/mol. The van der Waals surface area contributed by atoms with Crippen molar-refractivity contribution >= 4 is 17.4 Å². The molecule has 0 spiro atoms. The van der Waals surface area contributed by atoms with Crippen molar-refractivity contribution in [2.45, 2.75) is 6.16 Å². The Morgan fingerprint density at radius 3 is 1.33 bits per heavy atom. The summed E-state index contributed by atoms with van der Waals surface area (Å²) in [6.45, 7) is 0. The van der Waals surface area contributed by atoms with Crippen molar-refractivity contribution in [1.29, 1.82) is 0 Å². The van der Waals surface area contributed by atoms with Crippen molar-refractivity contribution in [2.75, 3.05) is 0 Å². The first-order valence-electron chi connectivity index (χ1n) is 1.02. The van der Waals surface area contributed by atoms with Gasteiger partial charge in [0.2, 0.25) is 0 Å². The van der Waals surface area contributed by atoms with Crippen molar-refractivity contribution in [3.05, 3.63) is 0 Å². The molecule has 0 aromatic carbocycles. The molecule has 36 valence electrons. The van der Waals surface area contributed by atoms with Crippen molar-refractivity contribution in [1.82, 2.24) is 0 Å². The molecule has 1 aliphatic rings. The summed E-state index contributed by atoms with van der Waals surface area (Å²) < 4.78 is 0. The topological polar surface area (TPSA) is 65.5 Å². The molecule has 0 amide bonds. The van der Waals surface area contributed by atoms with E-state index in [2.05, 4.69) is 9.78 Å². The van der Waals surface area contributed by atoms with E-state index in [0.29, 0.717) is 0 Å². The second-order valence-corrected chi connectivity index (χ2v) is 0.715. The molecule has 0 aromatic rings. The van der Waals surface area contributed by atoms with Gasteiger partial charge in [0, 0.05) is 0 Å². The lowest BCUT2D eigenvalue weighted by Gasteiger charge is -1.73. The lowest BCUT2D eigenvalue weighted by molar-refractivity contribution is -0.168. The molecule has 2 N–H and O–H groups in total. The molecule has 6 heavy (non-hydrogen) atoms. The number of aliphatic hydroxyl groups is 2. The van der Waals surface area contributed by atoms with E-state index in [1.807, 2.05) is 0 Å². The van der Waals surface area contributed by atoms with Crippen molar-refractivity contribution in [3.8, 4) is 0 Å². The predicted octanol–water partition coefficient (Wildman–Crippen LogP) is -2.64. The van der Waals surface area contributed by atoms with Crippen LogP contribution >= 0.6 is 0 Å². The van der Waals surface area contributed by atoms with Gasteiger partial charge in [-0.1, -0.05) is 0 Å². The van der Waals surface area contributed by atoms with E-state index in [9.17, 15) is 0 Å². The van der Waals surface area contributed by atoms with E-state index >= 15 is 0 Å². The molecule has 4 nitrogen and oxygen atoms in total. The highest BCUT2D eigenvalue weighted by Crippen LogP contribution is 2.19. The lowest BCUT2D eigenvalue weighted by Crippen LogP contribution is -2.03. The molecule has 0 aromatic heterocycles. The summed E-state index contributed by atoms with van der Waals surface area (Å²) in [5, 5.41) is 15.5. The third-order valence-electron chi connectivity index (χ3n) is 0.232. The van der Waals surface area contributed by atoms with Crippen molar-refractivity contribution in [2.24, 2.45) is 0 Å². The molecule has 1 rings (SSSR count). The smallest absolute Gasteiger partial charge is 0.315 e. The summed E-state index contributed by atoms with van der Waals surface area (Å²) in [5.74, 6) is 0. The number of rotatable bonds is 0. The van der Waals surface area contributed by atoms with Crippen LogP contribution in [0.2, 0.25) is 0 Å². The molecular formula is CH5AlO4. The first-order chi connectivity index (χ1) is 2.21. The Morgan fingerprint density at radius 2 is 1.33 bits per heavy atom. The van der Waals surface area contributed by atoms with E-state index < -0.39 is 6.16 Å². The van der Waals surface area contributed by atoms with Gasteiger partial charge in [0.15, 0.2) is 17.4 Å². The van der Waals surface area contributed by atoms with Crippen LogP contribution < -0.4 is 0 Å². The normalized spacial score (nSPS) is 25.0. The van der Waals surface area contributed by atoms with Gasteiger partial charge in [0.1, 0.15) is 0 Å². The minimum atomic E-state index is -2.25. The Balaban J connectivity index is 0.000000250. The molecule has 0 bridgehead atoms. The largest absolute Gasteiger partial charge is 0.461 e. The van der Waals surface area contributed by atoms with Crippen LogP contribution in [0.15, 0.2) is 0 Å². The molecule has 1 saturated heterocycles. The standard InChI is InChI=1S/CH2O4.Al.3H/c2-1(3)4-5-1;;;;/h2-3H;;;;. The van der Waals surface area contributed by atoms with Gasteiger partial charge < -0.3 is 10.2 Å². The first kappa shape index (κ1) is 6.37. The minimum Gasteiger partial charge on any atom is -0.315 e. The van der Waals surface area contributed by atoms with Gasteiger partial charge in [0.05, 0.1) is 0 Å². The Labute approximate surface area is 44.4 Å². The molecule has 0 radical (unpaired) electrons. The fourth-order valence-corrected chi connectivity index (χ4v) is 0.0373. The van der Waals surface area contributed by atoms with Crippen LogP contribution in [0.1, 0.15) is 0 Å². The molecule has 1 fully saturated rings. The summed E-state index contributed by atoms with van der Waals surface area (Å²) in [6.07, 6.45) is -2.25. The SMILES string of the molecule is OC1(O)OO1.[AlH3]. The van der Waals surface area contributed by atoms with Gasteiger partial charge >= 0.3 is 6.16 Å². The summed E-state index contributed by atoms with van der Waals surface area (Å²) in [4.78, 5) is 7.01. The van der Waals surface area contributed by atoms with Gasteiger partial charge in [-0.25, -0.2) is 0 Å². The first-order valence-corrected chi connectivity index (χ1v) is 1.02. The predicted molar refractivity (Wildman–Crippen MR) is 19.3 cm³/mol. The Morgan fingerprint density at radius 1 is 1.17 bits per heavy atom. The van der Waals surface area contributed by atoms with Crippen LogP contribution in [0.3, 0.4) is 0 Å². The zero-order valence-corrected chi connectivity index (χ0v) is 2.21. The molecule has 0 atom stereocenters. The molecule has 5 heteroatoms. The molecule has 0 aliphatic carbocycles. The minimum absolute atomic E-state index is 0. The van der Waals surface area contributed by atoms with Gasteiger partial charge in [-0.3, -0.25) is 0 Å². The van der Waals surface area contributed by atoms with Gasteiger partial charge in [0.25, 0.3) is 0 Å². The van der Waals surface area contributed by atoms with Gasteiger partial charge in [-0.05, 0) is 0 Å². The van der Waals surface area contributed by atoms with E-state index in [1.54, 1.807) is 0 Å².